The van der Waals surface area contributed by atoms with E-state index < -0.39 is 5.97 Å². The van der Waals surface area contributed by atoms with Crippen LogP contribution in [0.15, 0.2) is 36.4 Å². The maximum Gasteiger partial charge on any atom is 0.339 e. The maximum atomic E-state index is 11.4. The molecule has 0 N–H and O–H groups in total. The lowest BCUT2D eigenvalue weighted by Gasteiger charge is -2.05. The van der Waals surface area contributed by atoms with Crippen molar-refractivity contribution in [1.29, 1.82) is 0 Å². The van der Waals surface area contributed by atoms with Gasteiger partial charge in [0.15, 0.2) is 0 Å². The quantitative estimate of drug-likeness (QED) is 0.690. The van der Waals surface area contributed by atoms with Crippen LogP contribution in [0.25, 0.3) is 10.8 Å². The summed E-state index contributed by atoms with van der Waals surface area (Å²) in [5, 5.41) is 2.32. The van der Waals surface area contributed by atoms with Gasteiger partial charge in [-0.15, -0.1) is 0 Å². The van der Waals surface area contributed by atoms with Gasteiger partial charge in [0.05, 0.1) is 17.7 Å². The van der Waals surface area contributed by atoms with E-state index >= 15 is 0 Å². The minimum atomic E-state index is -0.411. The topological polar surface area (TPSA) is 26.3 Å². The molecule has 0 radical (unpaired) electrons. The Kier molecular flexibility index (Phi) is 2.60. The van der Waals surface area contributed by atoms with E-state index in [1.165, 1.54) is 7.11 Å². The first-order valence-corrected chi connectivity index (χ1v) is 4.87. The number of rotatable bonds is 1. The average molecular weight is 221 g/mol. The van der Waals surface area contributed by atoms with Crippen LogP contribution >= 0.6 is 11.6 Å². The number of ether oxygens (including phenoxy) is 1. The van der Waals surface area contributed by atoms with Crippen LogP contribution in [0, 0.1) is 0 Å². The lowest BCUT2D eigenvalue weighted by Crippen LogP contribution is -2.01. The van der Waals surface area contributed by atoms with Crippen molar-refractivity contribution in [3.8, 4) is 0 Å². The van der Waals surface area contributed by atoms with Crippen LogP contribution in [0.4, 0.5) is 0 Å². The molecule has 0 unspecified atom stereocenters. The zero-order valence-corrected chi connectivity index (χ0v) is 8.91. The summed E-state index contributed by atoms with van der Waals surface area (Å²) in [6, 6.07) is 11.2. The van der Waals surface area contributed by atoms with Gasteiger partial charge in [0.2, 0.25) is 0 Å². The van der Waals surface area contributed by atoms with Crippen LogP contribution in [0.1, 0.15) is 10.4 Å². The number of fused-ring (bicyclic) bond motifs is 1. The lowest BCUT2D eigenvalue weighted by atomic mass is 10.1. The third-order valence-corrected chi connectivity index (χ3v) is 2.68. The third-order valence-electron chi connectivity index (χ3n) is 2.27. The smallest absolute Gasteiger partial charge is 0.339 e. The highest BCUT2D eigenvalue weighted by molar-refractivity contribution is 6.38. The maximum absolute atomic E-state index is 11.4. The van der Waals surface area contributed by atoms with E-state index in [0.717, 1.165) is 10.8 Å². The first-order chi connectivity index (χ1) is 7.24. The minimum absolute atomic E-state index is 0.401. The molecular formula is C12H9ClO2. The summed E-state index contributed by atoms with van der Waals surface area (Å²) < 4.78 is 4.64. The van der Waals surface area contributed by atoms with E-state index in [-0.39, 0.29) is 0 Å². The van der Waals surface area contributed by atoms with Gasteiger partial charge in [0.25, 0.3) is 0 Å². The van der Waals surface area contributed by atoms with Crippen molar-refractivity contribution in [2.24, 2.45) is 0 Å². The molecule has 0 atom stereocenters. The molecule has 2 aromatic carbocycles. The van der Waals surface area contributed by atoms with E-state index in [9.17, 15) is 4.79 Å². The first kappa shape index (κ1) is 9.99. The molecule has 0 aromatic heterocycles. The minimum Gasteiger partial charge on any atom is -0.465 e. The van der Waals surface area contributed by atoms with Gasteiger partial charge in [-0.2, -0.15) is 0 Å². The van der Waals surface area contributed by atoms with Crippen molar-refractivity contribution in [3.63, 3.8) is 0 Å². The Hall–Kier alpha value is -1.54. The molecule has 0 amide bonds. The van der Waals surface area contributed by atoms with Crippen molar-refractivity contribution >= 4 is 28.3 Å². The molecule has 0 aliphatic heterocycles. The van der Waals surface area contributed by atoms with Gasteiger partial charge in [0, 0.05) is 5.39 Å². The van der Waals surface area contributed by atoms with Crippen molar-refractivity contribution in [1.82, 2.24) is 0 Å². The summed E-state index contributed by atoms with van der Waals surface area (Å²) in [5.74, 6) is -0.411. The number of halogens is 1. The molecule has 0 saturated heterocycles. The van der Waals surface area contributed by atoms with Crippen LogP contribution in [0.3, 0.4) is 0 Å². The standard InChI is InChI=1S/C12H9ClO2/c1-15-12(14)10-7-6-8-4-2-3-5-9(8)11(10)13/h2-7H,1H3. The van der Waals surface area contributed by atoms with Gasteiger partial charge in [-0.3, -0.25) is 0 Å². The van der Waals surface area contributed by atoms with Crippen molar-refractivity contribution < 1.29 is 9.53 Å². The highest BCUT2D eigenvalue weighted by Crippen LogP contribution is 2.27. The fraction of sp³-hybridized carbons (Fsp3) is 0.0833. The number of carbonyl (C=O) groups excluding carboxylic acids is 1. The molecule has 0 spiro atoms. The molecule has 2 aromatic rings. The molecule has 15 heavy (non-hydrogen) atoms. The number of hydrogen-bond acceptors (Lipinski definition) is 2. The molecule has 2 rings (SSSR count). The Morgan fingerprint density at radius 2 is 1.93 bits per heavy atom. The van der Waals surface area contributed by atoms with Crippen molar-refractivity contribution in [2.75, 3.05) is 7.11 Å². The largest absolute Gasteiger partial charge is 0.465 e. The molecule has 3 heteroatoms. The fourth-order valence-corrected chi connectivity index (χ4v) is 1.81. The molecule has 0 aliphatic carbocycles. The molecule has 0 fully saturated rings. The van der Waals surface area contributed by atoms with E-state index in [1.54, 1.807) is 6.07 Å². The second kappa shape index (κ2) is 3.91. The Morgan fingerprint density at radius 1 is 1.20 bits per heavy atom. The Balaban J connectivity index is 2.70. The summed E-state index contributed by atoms with van der Waals surface area (Å²) in [6.45, 7) is 0. The monoisotopic (exact) mass is 220 g/mol. The zero-order valence-electron chi connectivity index (χ0n) is 8.16. The highest BCUT2D eigenvalue weighted by Gasteiger charge is 2.12. The average Bonchev–Trinajstić information content (AvgIpc) is 2.29. The summed E-state index contributed by atoms with van der Waals surface area (Å²) in [4.78, 5) is 11.4. The van der Waals surface area contributed by atoms with Gasteiger partial charge < -0.3 is 4.74 Å². The summed E-state index contributed by atoms with van der Waals surface area (Å²) in [7, 11) is 1.34. The summed E-state index contributed by atoms with van der Waals surface area (Å²) in [6.07, 6.45) is 0. The predicted octanol–water partition coefficient (Wildman–Crippen LogP) is 3.28. The number of carbonyl (C=O) groups is 1. The van der Waals surface area contributed by atoms with Crippen LogP contribution in [-0.4, -0.2) is 13.1 Å². The molecule has 2 nitrogen and oxygen atoms in total. The van der Waals surface area contributed by atoms with Crippen LogP contribution in [0.5, 0.6) is 0 Å². The number of methoxy groups -OCH3 is 1. The molecule has 76 valence electrons. The fourth-order valence-electron chi connectivity index (χ4n) is 1.50. The second-order valence-electron chi connectivity index (χ2n) is 3.14. The zero-order chi connectivity index (χ0) is 10.8. The van der Waals surface area contributed by atoms with Crippen LogP contribution in [-0.2, 0) is 4.74 Å². The van der Waals surface area contributed by atoms with Gasteiger partial charge >= 0.3 is 5.97 Å². The van der Waals surface area contributed by atoms with Crippen LogP contribution in [0.2, 0.25) is 5.02 Å². The van der Waals surface area contributed by atoms with Gasteiger partial charge in [-0.25, -0.2) is 4.79 Å². The van der Waals surface area contributed by atoms with E-state index in [2.05, 4.69) is 4.74 Å². The van der Waals surface area contributed by atoms with Gasteiger partial charge in [-0.05, 0) is 11.5 Å². The molecule has 0 heterocycles. The molecule has 0 saturated carbocycles. The summed E-state index contributed by atoms with van der Waals surface area (Å²) in [5.41, 5.74) is 0.401. The Morgan fingerprint density at radius 3 is 2.67 bits per heavy atom. The van der Waals surface area contributed by atoms with Crippen molar-refractivity contribution in [3.05, 3.63) is 47.0 Å². The third kappa shape index (κ3) is 1.68. The van der Waals surface area contributed by atoms with E-state index in [1.807, 2.05) is 30.3 Å². The van der Waals surface area contributed by atoms with Gasteiger partial charge in [-0.1, -0.05) is 41.9 Å². The molecular weight excluding hydrogens is 212 g/mol. The molecule has 0 aliphatic rings. The number of esters is 1. The second-order valence-corrected chi connectivity index (χ2v) is 3.52. The Labute approximate surface area is 92.4 Å². The predicted molar refractivity (Wildman–Crippen MR) is 60.3 cm³/mol. The van der Waals surface area contributed by atoms with E-state index in [0.29, 0.717) is 10.6 Å². The molecule has 0 bridgehead atoms. The number of hydrogen-bond donors (Lipinski definition) is 0. The van der Waals surface area contributed by atoms with E-state index in [4.69, 9.17) is 11.6 Å². The lowest BCUT2D eigenvalue weighted by molar-refractivity contribution is 0.0601. The SMILES string of the molecule is COC(=O)c1ccc2ccccc2c1Cl. The number of benzene rings is 2. The summed E-state index contributed by atoms with van der Waals surface area (Å²) >= 11 is 6.11. The normalized spacial score (nSPS) is 10.3. The highest BCUT2D eigenvalue weighted by atomic mass is 35.5. The van der Waals surface area contributed by atoms with Gasteiger partial charge in [0.1, 0.15) is 0 Å². The van der Waals surface area contributed by atoms with Crippen molar-refractivity contribution in [2.45, 2.75) is 0 Å². The van der Waals surface area contributed by atoms with Crippen LogP contribution < -0.4 is 0 Å². The Bertz CT molecular complexity index is 520. The first-order valence-electron chi connectivity index (χ1n) is 4.49.